The Balaban J connectivity index is 1.63. The van der Waals surface area contributed by atoms with Crippen LogP contribution in [0.25, 0.3) is 0 Å². The monoisotopic (exact) mass is 758 g/mol. The second-order valence-electron chi connectivity index (χ2n) is 15.6. The molecule has 0 aromatic heterocycles. The number of rotatable bonds is 17. The molecule has 0 bridgehead atoms. The van der Waals surface area contributed by atoms with Gasteiger partial charge in [-0.1, -0.05) is 86.6 Å². The summed E-state index contributed by atoms with van der Waals surface area (Å²) >= 11 is 0. The zero-order valence-corrected chi connectivity index (χ0v) is 32.9. The molecule has 0 saturated carbocycles. The number of carboxylic acid groups (broad SMARTS) is 1. The van der Waals surface area contributed by atoms with Crippen LogP contribution in [0.4, 0.5) is 4.79 Å². The minimum Gasteiger partial charge on any atom is -0.497 e. The lowest BCUT2D eigenvalue weighted by atomic mass is 9.86. The number of benzene rings is 3. The number of nitrogens with one attached hydrogen (secondary N) is 2. The third-order valence-corrected chi connectivity index (χ3v) is 10.00. The van der Waals surface area contributed by atoms with E-state index in [0.29, 0.717) is 32.1 Å². The number of carbonyl (C=O) groups excluding carboxylic acids is 3. The van der Waals surface area contributed by atoms with Gasteiger partial charge in [-0.3, -0.25) is 19.3 Å². The molecule has 1 aliphatic heterocycles. The molecule has 55 heavy (non-hydrogen) atoms. The summed E-state index contributed by atoms with van der Waals surface area (Å²) in [5.74, 6) is -1.77. The summed E-state index contributed by atoms with van der Waals surface area (Å²) in [4.78, 5) is 58.0. The zero-order chi connectivity index (χ0) is 40.1. The van der Waals surface area contributed by atoms with Gasteiger partial charge < -0.3 is 35.2 Å². The third kappa shape index (κ3) is 12.5. The number of nitrogens with zero attached hydrogens (tertiary/aromatic N) is 2. The summed E-state index contributed by atoms with van der Waals surface area (Å²) in [6.45, 7) is 10.6. The van der Waals surface area contributed by atoms with Crippen molar-refractivity contribution in [1.29, 1.82) is 0 Å². The Morgan fingerprint density at radius 3 is 1.85 bits per heavy atom. The van der Waals surface area contributed by atoms with E-state index < -0.39 is 53.6 Å². The number of ether oxygens (including phenoxy) is 2. The molecule has 1 saturated heterocycles. The van der Waals surface area contributed by atoms with Crippen molar-refractivity contribution in [3.63, 3.8) is 0 Å². The van der Waals surface area contributed by atoms with E-state index in [1.54, 1.807) is 44.9 Å². The lowest BCUT2D eigenvalue weighted by Crippen LogP contribution is -2.58. The van der Waals surface area contributed by atoms with Gasteiger partial charge in [0, 0.05) is 31.0 Å². The Labute approximate surface area is 325 Å². The highest BCUT2D eigenvalue weighted by atomic mass is 16.5. The van der Waals surface area contributed by atoms with E-state index in [2.05, 4.69) is 10.6 Å². The molecule has 5 unspecified atom stereocenters. The lowest BCUT2D eigenvalue weighted by molar-refractivity contribution is -0.141. The Hall–Kier alpha value is -4.94. The van der Waals surface area contributed by atoms with Crippen LogP contribution in [-0.4, -0.2) is 107 Å². The minimum atomic E-state index is -1.25. The predicted octanol–water partition coefficient (Wildman–Crippen LogP) is 4.72. The highest BCUT2D eigenvalue weighted by Gasteiger charge is 2.40. The molecule has 4 rings (SSSR count). The summed E-state index contributed by atoms with van der Waals surface area (Å²) in [6.07, 6.45) is -1.83. The van der Waals surface area contributed by atoms with E-state index in [9.17, 15) is 29.4 Å². The quantitative estimate of drug-likeness (QED) is 0.154. The van der Waals surface area contributed by atoms with Crippen molar-refractivity contribution < 1.29 is 38.9 Å². The Kier molecular flexibility index (Phi) is 15.7. The maximum absolute atomic E-state index is 14.4. The number of amides is 4. The van der Waals surface area contributed by atoms with Crippen molar-refractivity contribution in [2.75, 3.05) is 33.4 Å². The Morgan fingerprint density at radius 2 is 1.35 bits per heavy atom. The predicted molar refractivity (Wildman–Crippen MR) is 211 cm³/mol. The number of aliphatic hydroxyl groups is 1. The van der Waals surface area contributed by atoms with Crippen LogP contribution in [-0.2, 0) is 38.4 Å². The first-order chi connectivity index (χ1) is 26.2. The summed E-state index contributed by atoms with van der Waals surface area (Å²) in [5.41, 5.74) is 1.65. The molecule has 3 aromatic carbocycles. The number of morpholine rings is 1. The highest BCUT2D eigenvalue weighted by Crippen LogP contribution is 2.27. The molecule has 0 spiro atoms. The van der Waals surface area contributed by atoms with Crippen molar-refractivity contribution >= 4 is 23.8 Å². The second-order valence-corrected chi connectivity index (χ2v) is 15.6. The molecule has 1 aliphatic rings. The number of hydrogen-bond donors (Lipinski definition) is 4. The Bertz CT molecular complexity index is 1670. The van der Waals surface area contributed by atoms with E-state index in [1.807, 2.05) is 86.6 Å². The molecule has 12 nitrogen and oxygen atoms in total. The van der Waals surface area contributed by atoms with Gasteiger partial charge in [-0.15, -0.1) is 0 Å². The number of hydrogen-bond acceptors (Lipinski definition) is 7. The summed E-state index contributed by atoms with van der Waals surface area (Å²) in [6, 6.07) is 23.3. The Morgan fingerprint density at radius 1 is 0.800 bits per heavy atom. The van der Waals surface area contributed by atoms with Crippen LogP contribution >= 0.6 is 0 Å². The first kappa shape index (κ1) is 42.8. The number of aliphatic hydroxyl groups excluding tert-OH is 1. The van der Waals surface area contributed by atoms with Crippen molar-refractivity contribution in [2.24, 2.45) is 11.8 Å². The van der Waals surface area contributed by atoms with Gasteiger partial charge in [0.1, 0.15) is 17.8 Å². The molecule has 0 radical (unpaired) electrons. The molecule has 4 N–H and O–H groups in total. The zero-order valence-electron chi connectivity index (χ0n) is 32.9. The smallest absolute Gasteiger partial charge is 0.408 e. The van der Waals surface area contributed by atoms with Gasteiger partial charge in [-0.25, -0.2) is 4.79 Å². The lowest BCUT2D eigenvalue weighted by Gasteiger charge is -2.42. The summed E-state index contributed by atoms with van der Waals surface area (Å²) in [5, 5.41) is 28.3. The number of methoxy groups -OCH3 is 1. The van der Waals surface area contributed by atoms with Crippen LogP contribution in [0, 0.1) is 11.8 Å². The van der Waals surface area contributed by atoms with Crippen LogP contribution in [0.15, 0.2) is 84.9 Å². The number of carbonyl (C=O) groups is 4. The maximum atomic E-state index is 14.4. The van der Waals surface area contributed by atoms with Crippen LogP contribution in [0.5, 0.6) is 5.75 Å². The highest BCUT2D eigenvalue weighted by molar-refractivity contribution is 5.93. The van der Waals surface area contributed by atoms with Crippen LogP contribution in [0.2, 0.25) is 0 Å². The fourth-order valence-electron chi connectivity index (χ4n) is 7.08. The molecule has 5 atom stereocenters. The molecule has 298 valence electrons. The van der Waals surface area contributed by atoms with Crippen LogP contribution in [0.3, 0.4) is 0 Å². The fraction of sp³-hybridized carbons (Fsp3) is 0.488. The van der Waals surface area contributed by atoms with Gasteiger partial charge in [0.25, 0.3) is 0 Å². The topological polar surface area (TPSA) is 158 Å². The largest absolute Gasteiger partial charge is 0.497 e. The summed E-state index contributed by atoms with van der Waals surface area (Å²) < 4.78 is 10.8. The normalized spacial score (nSPS) is 16.0. The molecular weight excluding hydrogens is 700 g/mol. The molecule has 1 fully saturated rings. The van der Waals surface area contributed by atoms with Gasteiger partial charge in [-0.05, 0) is 74.8 Å². The van der Waals surface area contributed by atoms with E-state index in [1.165, 1.54) is 4.90 Å². The van der Waals surface area contributed by atoms with Crippen LogP contribution in [0.1, 0.15) is 57.7 Å². The van der Waals surface area contributed by atoms with Crippen molar-refractivity contribution in [3.05, 3.63) is 102 Å². The van der Waals surface area contributed by atoms with Crippen molar-refractivity contribution in [2.45, 2.75) is 90.1 Å². The van der Waals surface area contributed by atoms with Crippen molar-refractivity contribution in [3.8, 4) is 5.75 Å². The standard InChI is InChI=1S/C43H58N4O8/c1-29(2)38(40(50)44-35(26-30-13-9-7-10-14-30)41(51)46-21-23-55-24-22-46)45-39(49)33(25-32-17-19-34(54-6)20-18-32)28-37(48)36(27-31-15-11-8-12-16-31)47(42(52)53)43(3,4)5/h7-20,29,33,35-38,48H,21-28H2,1-6H3,(H,44,50)(H,45,49)(H,52,53). The second kappa shape index (κ2) is 20.1. The van der Waals surface area contributed by atoms with E-state index in [0.717, 1.165) is 16.7 Å². The average molecular weight is 759 g/mol. The summed E-state index contributed by atoms with van der Waals surface area (Å²) in [7, 11) is 1.56. The maximum Gasteiger partial charge on any atom is 0.408 e. The van der Waals surface area contributed by atoms with Crippen molar-refractivity contribution in [1.82, 2.24) is 20.4 Å². The van der Waals surface area contributed by atoms with Crippen LogP contribution < -0.4 is 15.4 Å². The molecule has 4 amide bonds. The molecule has 1 heterocycles. The van der Waals surface area contributed by atoms with Gasteiger partial charge in [0.15, 0.2) is 0 Å². The molecule has 12 heteroatoms. The van der Waals surface area contributed by atoms with Gasteiger partial charge in [-0.2, -0.15) is 0 Å². The first-order valence-electron chi connectivity index (χ1n) is 19.1. The third-order valence-electron chi connectivity index (χ3n) is 10.00. The first-order valence-corrected chi connectivity index (χ1v) is 19.1. The van der Waals surface area contributed by atoms with Gasteiger partial charge in [0.2, 0.25) is 17.7 Å². The SMILES string of the molecule is COc1ccc(CC(CC(O)C(Cc2ccccc2)N(C(=O)O)C(C)(C)C)C(=O)NC(C(=O)NC(Cc2ccccc2)C(=O)N2CCOCC2)C(C)C)cc1. The van der Waals surface area contributed by atoms with E-state index >= 15 is 0 Å². The minimum absolute atomic E-state index is 0.0895. The van der Waals surface area contributed by atoms with Gasteiger partial charge in [0.05, 0.1) is 32.5 Å². The van der Waals surface area contributed by atoms with E-state index in [4.69, 9.17) is 9.47 Å². The van der Waals surface area contributed by atoms with Gasteiger partial charge >= 0.3 is 6.09 Å². The van der Waals surface area contributed by atoms with E-state index in [-0.39, 0.29) is 37.5 Å². The molecular formula is C43H58N4O8. The molecule has 3 aromatic rings. The fourth-order valence-corrected chi connectivity index (χ4v) is 7.08. The average Bonchev–Trinajstić information content (AvgIpc) is 3.16. The molecule has 0 aliphatic carbocycles.